The highest BCUT2D eigenvalue weighted by molar-refractivity contribution is 6.33. The van der Waals surface area contributed by atoms with Gasteiger partial charge in [0, 0.05) is 38.4 Å². The van der Waals surface area contributed by atoms with E-state index in [-0.39, 0.29) is 28.6 Å². The lowest BCUT2D eigenvalue weighted by atomic mass is 10.1. The molecular weight excluding hydrogens is 561 g/mol. The summed E-state index contributed by atoms with van der Waals surface area (Å²) in [5.74, 6) is 1.14. The van der Waals surface area contributed by atoms with Crippen LogP contribution in [0.4, 0.5) is 10.2 Å². The van der Waals surface area contributed by atoms with Gasteiger partial charge in [0.25, 0.3) is 0 Å². The van der Waals surface area contributed by atoms with Crippen molar-refractivity contribution in [2.24, 2.45) is 0 Å². The number of amides is 1. The van der Waals surface area contributed by atoms with E-state index in [2.05, 4.69) is 32.7 Å². The Morgan fingerprint density at radius 1 is 1.10 bits per heavy atom. The molecule has 0 bridgehead atoms. The zero-order valence-corrected chi connectivity index (χ0v) is 23.1. The van der Waals surface area contributed by atoms with Gasteiger partial charge in [-0.1, -0.05) is 36.4 Å². The van der Waals surface area contributed by atoms with Crippen LogP contribution in [0.15, 0.2) is 61.4 Å². The summed E-state index contributed by atoms with van der Waals surface area (Å²) in [4.78, 5) is 30.0. The van der Waals surface area contributed by atoms with Crippen LogP contribution in [0, 0.1) is 5.82 Å². The number of carbonyl (C=O) groups excluding carboxylic acids is 1. The van der Waals surface area contributed by atoms with E-state index < -0.39 is 5.82 Å². The number of hydrogen-bond acceptors (Lipinski definition) is 8. The van der Waals surface area contributed by atoms with Crippen molar-refractivity contribution < 1.29 is 18.7 Å². The third-order valence-electron chi connectivity index (χ3n) is 7.54. The molecule has 10 nitrogen and oxygen atoms in total. The lowest BCUT2D eigenvalue weighted by molar-refractivity contribution is -0.126. The minimum atomic E-state index is -0.661. The molecule has 3 aromatic heterocycles. The average Bonchev–Trinajstić information content (AvgIpc) is 3.76. The number of aromatic amines is 1. The molecule has 1 saturated heterocycles. The highest BCUT2D eigenvalue weighted by atomic mass is 35.5. The number of nitrogens with zero attached hydrogens (tertiary/aromatic N) is 6. The third kappa shape index (κ3) is 4.75. The first-order valence-corrected chi connectivity index (χ1v) is 14.0. The lowest BCUT2D eigenvalue weighted by Gasteiger charge is -2.35. The third-order valence-corrected chi connectivity index (χ3v) is 7.89. The average molecular weight is 586 g/mol. The molecule has 7 rings (SSSR count). The van der Waals surface area contributed by atoms with Gasteiger partial charge in [0.2, 0.25) is 11.8 Å². The number of ether oxygens (including phenoxy) is 2. The van der Waals surface area contributed by atoms with Gasteiger partial charge in [0.1, 0.15) is 27.9 Å². The Labute approximate surface area is 244 Å². The number of halogens is 2. The summed E-state index contributed by atoms with van der Waals surface area (Å²) in [5.41, 5.74) is 1.90. The zero-order valence-electron chi connectivity index (χ0n) is 22.4. The molecule has 1 aliphatic carbocycles. The molecular formula is C30H25ClFN7O3. The van der Waals surface area contributed by atoms with Crippen LogP contribution in [0.1, 0.15) is 24.3 Å². The molecule has 0 atom stereocenters. The van der Waals surface area contributed by atoms with Crippen LogP contribution in [0.2, 0.25) is 5.02 Å². The predicted octanol–water partition coefficient (Wildman–Crippen LogP) is 5.99. The normalized spacial score (nSPS) is 15.3. The summed E-state index contributed by atoms with van der Waals surface area (Å²) in [6.45, 7) is 5.68. The molecule has 0 radical (unpaired) electrons. The van der Waals surface area contributed by atoms with Crippen molar-refractivity contribution in [1.29, 1.82) is 0 Å². The Balaban J connectivity index is 1.33. The second-order valence-corrected chi connectivity index (χ2v) is 10.6. The van der Waals surface area contributed by atoms with Crippen LogP contribution in [0.3, 0.4) is 0 Å². The zero-order chi connectivity index (χ0) is 28.8. The van der Waals surface area contributed by atoms with Crippen molar-refractivity contribution in [2.45, 2.75) is 18.8 Å². The maximum atomic E-state index is 14.7. The van der Waals surface area contributed by atoms with Gasteiger partial charge in [-0.15, -0.1) is 0 Å². The standard InChI is InChI=1S/C30H25ClFN7O3/c1-2-24(40)38-11-13-39(14-12-38)28-19-9-10-33-29(42-27-20-16-34-37-22(20)15-21(32)25(27)31)26(19)35-30(36-28)41-23-6-4-3-5-18(23)17-7-8-17/h2-6,9-10,15-17H,1,7-8,11-14H2,(H,34,37). The molecule has 0 unspecified atom stereocenters. The van der Waals surface area contributed by atoms with Crippen LogP contribution in [0.5, 0.6) is 23.4 Å². The van der Waals surface area contributed by atoms with Crippen molar-refractivity contribution in [3.63, 3.8) is 0 Å². The molecule has 2 aromatic carbocycles. The van der Waals surface area contributed by atoms with E-state index in [9.17, 15) is 9.18 Å². The van der Waals surface area contributed by atoms with Crippen molar-refractivity contribution in [3.8, 4) is 23.4 Å². The number of benzene rings is 2. The second-order valence-electron chi connectivity index (χ2n) is 10.2. The molecule has 5 aromatic rings. The van der Waals surface area contributed by atoms with E-state index in [0.29, 0.717) is 65.5 Å². The number of pyridine rings is 1. The molecule has 0 spiro atoms. The number of fused-ring (bicyclic) bond motifs is 2. The fourth-order valence-corrected chi connectivity index (χ4v) is 5.42. The van der Waals surface area contributed by atoms with Crippen LogP contribution in [-0.2, 0) is 4.79 Å². The van der Waals surface area contributed by atoms with E-state index >= 15 is 0 Å². The summed E-state index contributed by atoms with van der Waals surface area (Å²) in [6, 6.07) is 11.0. The number of rotatable bonds is 7. The maximum Gasteiger partial charge on any atom is 0.324 e. The number of nitrogens with one attached hydrogen (secondary N) is 1. The molecule has 42 heavy (non-hydrogen) atoms. The van der Waals surface area contributed by atoms with E-state index in [1.807, 2.05) is 18.2 Å². The number of hydrogen-bond donors (Lipinski definition) is 1. The fraction of sp³-hybridized carbons (Fsp3) is 0.233. The highest BCUT2D eigenvalue weighted by Crippen LogP contribution is 2.45. The summed E-state index contributed by atoms with van der Waals surface area (Å²) in [7, 11) is 0. The second kappa shape index (κ2) is 10.6. The lowest BCUT2D eigenvalue weighted by Crippen LogP contribution is -2.48. The monoisotopic (exact) mass is 585 g/mol. The van der Waals surface area contributed by atoms with Gasteiger partial charge in [-0.05, 0) is 42.5 Å². The fourth-order valence-electron chi connectivity index (χ4n) is 5.23. The number of para-hydroxylation sites is 1. The van der Waals surface area contributed by atoms with Gasteiger partial charge >= 0.3 is 6.01 Å². The minimum Gasteiger partial charge on any atom is -0.434 e. The van der Waals surface area contributed by atoms with E-state index in [1.165, 1.54) is 18.3 Å². The number of carbonyl (C=O) groups is 1. The van der Waals surface area contributed by atoms with Gasteiger partial charge in [0.15, 0.2) is 5.75 Å². The first kappa shape index (κ1) is 26.1. The predicted molar refractivity (Wildman–Crippen MR) is 156 cm³/mol. The largest absolute Gasteiger partial charge is 0.434 e. The van der Waals surface area contributed by atoms with Gasteiger partial charge in [0.05, 0.1) is 22.5 Å². The molecule has 4 heterocycles. The minimum absolute atomic E-state index is 0.0682. The van der Waals surface area contributed by atoms with Gasteiger partial charge < -0.3 is 19.3 Å². The van der Waals surface area contributed by atoms with Crippen LogP contribution >= 0.6 is 11.6 Å². The number of anilines is 1. The number of H-pyrrole nitrogens is 1. The summed E-state index contributed by atoms with van der Waals surface area (Å²) in [5, 5.41) is 7.69. The summed E-state index contributed by atoms with van der Waals surface area (Å²) >= 11 is 6.35. The van der Waals surface area contributed by atoms with Crippen LogP contribution in [-0.4, -0.2) is 62.1 Å². The quantitative estimate of drug-likeness (QED) is 0.232. The van der Waals surface area contributed by atoms with Gasteiger partial charge in [-0.3, -0.25) is 9.89 Å². The summed E-state index contributed by atoms with van der Waals surface area (Å²) in [6.07, 6.45) is 6.62. The Hall–Kier alpha value is -4.77. The smallest absolute Gasteiger partial charge is 0.324 e. The summed E-state index contributed by atoms with van der Waals surface area (Å²) < 4.78 is 27.2. The highest BCUT2D eigenvalue weighted by Gasteiger charge is 2.28. The molecule has 1 N–H and O–H groups in total. The van der Waals surface area contributed by atoms with Crippen LogP contribution < -0.4 is 14.4 Å². The Kier molecular flexibility index (Phi) is 6.58. The first-order chi connectivity index (χ1) is 20.5. The van der Waals surface area contributed by atoms with E-state index in [0.717, 1.165) is 18.4 Å². The van der Waals surface area contributed by atoms with E-state index in [1.54, 1.807) is 17.2 Å². The Bertz CT molecular complexity index is 1850. The molecule has 12 heteroatoms. The molecule has 1 saturated carbocycles. The Morgan fingerprint density at radius 2 is 1.90 bits per heavy atom. The molecule has 212 valence electrons. The topological polar surface area (TPSA) is 109 Å². The maximum absolute atomic E-state index is 14.7. The van der Waals surface area contributed by atoms with Crippen molar-refractivity contribution in [2.75, 3.05) is 31.1 Å². The number of aromatic nitrogens is 5. The van der Waals surface area contributed by atoms with Crippen molar-refractivity contribution in [1.82, 2.24) is 30.0 Å². The molecule has 2 aliphatic rings. The van der Waals surface area contributed by atoms with Gasteiger partial charge in [-0.25, -0.2) is 9.37 Å². The van der Waals surface area contributed by atoms with Crippen molar-refractivity contribution in [3.05, 3.63) is 77.9 Å². The molecule has 1 amide bonds. The molecule has 2 fully saturated rings. The Morgan fingerprint density at radius 3 is 2.69 bits per heavy atom. The first-order valence-electron chi connectivity index (χ1n) is 13.6. The van der Waals surface area contributed by atoms with Crippen molar-refractivity contribution >= 4 is 45.1 Å². The molecule has 1 aliphatic heterocycles. The van der Waals surface area contributed by atoms with E-state index in [4.69, 9.17) is 31.0 Å². The SMILES string of the molecule is C=CC(=O)N1CCN(c2nc(Oc3ccccc3C3CC3)nc3c(Oc4c(Cl)c(F)cc5[nH]ncc45)nccc23)CC1. The number of piperazine rings is 1. The van der Waals surface area contributed by atoms with Gasteiger partial charge in [-0.2, -0.15) is 15.1 Å². The van der Waals surface area contributed by atoms with Crippen LogP contribution in [0.25, 0.3) is 21.8 Å².